The van der Waals surface area contributed by atoms with Crippen molar-refractivity contribution < 1.29 is 10.2 Å². The molecule has 176 valence electrons. The van der Waals surface area contributed by atoms with Crippen molar-refractivity contribution in [3.8, 4) is 28.4 Å². The average molecular weight is 458 g/mol. The summed E-state index contributed by atoms with van der Waals surface area (Å²) in [5.74, 6) is 1.03. The number of phenols is 1. The Morgan fingerprint density at radius 1 is 1.15 bits per heavy atom. The number of aromatic hydroxyl groups is 1. The number of fused-ring (bicyclic) bond motifs is 1. The van der Waals surface area contributed by atoms with Gasteiger partial charge in [-0.2, -0.15) is 5.10 Å². The van der Waals surface area contributed by atoms with Crippen LogP contribution in [0.15, 0.2) is 48.7 Å². The number of aromatic amines is 2. The first-order valence-electron chi connectivity index (χ1n) is 11.8. The molecular formula is C27H31N5O2. The van der Waals surface area contributed by atoms with Crippen LogP contribution in [0, 0.1) is 0 Å². The lowest BCUT2D eigenvalue weighted by Crippen LogP contribution is -2.29. The molecule has 2 aromatic carbocycles. The first-order valence-corrected chi connectivity index (χ1v) is 11.8. The lowest BCUT2D eigenvalue weighted by atomic mass is 9.97. The number of imidazole rings is 1. The SMILES string of the molecule is CCc1cc(O)ccc1-c1ccc2c(-c3nc(C4=CCN(CCC(C)(C)O)C4)c[nH]3)n[nH]c2c1. The molecule has 2 aromatic heterocycles. The number of aliphatic hydroxyl groups is 1. The van der Waals surface area contributed by atoms with Gasteiger partial charge in [-0.1, -0.05) is 25.1 Å². The first-order chi connectivity index (χ1) is 16.3. The molecule has 1 aliphatic heterocycles. The average Bonchev–Trinajstić information content (AvgIpc) is 3.55. The molecule has 3 heterocycles. The Balaban J connectivity index is 1.36. The van der Waals surface area contributed by atoms with Crippen molar-refractivity contribution in [2.75, 3.05) is 19.6 Å². The van der Waals surface area contributed by atoms with Gasteiger partial charge >= 0.3 is 0 Å². The largest absolute Gasteiger partial charge is 0.508 e. The Morgan fingerprint density at radius 2 is 2.00 bits per heavy atom. The second kappa shape index (κ2) is 8.74. The van der Waals surface area contributed by atoms with Gasteiger partial charge in [0.15, 0.2) is 5.82 Å². The van der Waals surface area contributed by atoms with E-state index < -0.39 is 5.60 Å². The molecule has 0 saturated carbocycles. The molecule has 0 aliphatic carbocycles. The van der Waals surface area contributed by atoms with Crippen molar-refractivity contribution in [1.29, 1.82) is 0 Å². The molecule has 4 N–H and O–H groups in total. The molecule has 7 nitrogen and oxygen atoms in total. The van der Waals surface area contributed by atoms with E-state index in [1.165, 1.54) is 5.57 Å². The standard InChI is InChI=1S/C27H31N5O2/c1-4-17-13-20(33)6-8-21(17)18-5-7-22-23(14-18)30-31-25(22)26-28-15-24(29-26)19-9-11-32(16-19)12-10-27(2,3)34/h5-9,13-15,33-34H,4,10-12,16H2,1-3H3,(H,28,29)(H,30,31). The molecule has 0 unspecified atom stereocenters. The summed E-state index contributed by atoms with van der Waals surface area (Å²) < 4.78 is 0. The fraction of sp³-hybridized carbons (Fsp3) is 0.333. The van der Waals surface area contributed by atoms with Crippen LogP contribution in [0.4, 0.5) is 0 Å². The van der Waals surface area contributed by atoms with E-state index in [-0.39, 0.29) is 5.75 Å². The summed E-state index contributed by atoms with van der Waals surface area (Å²) in [4.78, 5) is 10.5. The minimum Gasteiger partial charge on any atom is -0.508 e. The Hall–Kier alpha value is -3.42. The van der Waals surface area contributed by atoms with Crippen LogP contribution in [-0.4, -0.2) is 60.5 Å². The molecular weight excluding hydrogens is 426 g/mol. The van der Waals surface area contributed by atoms with E-state index in [1.807, 2.05) is 32.2 Å². The predicted molar refractivity (Wildman–Crippen MR) is 135 cm³/mol. The van der Waals surface area contributed by atoms with E-state index >= 15 is 0 Å². The van der Waals surface area contributed by atoms with Crippen LogP contribution in [0.3, 0.4) is 0 Å². The number of nitrogens with zero attached hydrogens (tertiary/aromatic N) is 3. The van der Waals surface area contributed by atoms with Gasteiger partial charge in [0.05, 0.1) is 16.8 Å². The molecule has 0 atom stereocenters. The molecule has 1 aliphatic rings. The van der Waals surface area contributed by atoms with Crippen LogP contribution in [-0.2, 0) is 6.42 Å². The third kappa shape index (κ3) is 4.49. The van der Waals surface area contributed by atoms with Crippen molar-refractivity contribution in [2.24, 2.45) is 0 Å². The van der Waals surface area contributed by atoms with E-state index in [1.54, 1.807) is 6.07 Å². The van der Waals surface area contributed by atoms with Crippen molar-refractivity contribution in [3.05, 3.63) is 59.9 Å². The molecule has 0 saturated heterocycles. The zero-order valence-electron chi connectivity index (χ0n) is 19.9. The van der Waals surface area contributed by atoms with Crippen LogP contribution in [0.5, 0.6) is 5.75 Å². The molecule has 0 spiro atoms. The summed E-state index contributed by atoms with van der Waals surface area (Å²) in [7, 11) is 0. The summed E-state index contributed by atoms with van der Waals surface area (Å²) >= 11 is 0. The highest BCUT2D eigenvalue weighted by molar-refractivity contribution is 5.94. The van der Waals surface area contributed by atoms with Gasteiger partial charge in [0, 0.05) is 31.2 Å². The van der Waals surface area contributed by atoms with E-state index in [4.69, 9.17) is 4.98 Å². The number of hydrogen-bond acceptors (Lipinski definition) is 5. The van der Waals surface area contributed by atoms with Gasteiger partial charge in [0.25, 0.3) is 0 Å². The number of phenolic OH excluding ortho intramolecular Hbond substituents is 1. The molecule has 0 bridgehead atoms. The fourth-order valence-electron chi connectivity index (χ4n) is 4.53. The van der Waals surface area contributed by atoms with Crippen LogP contribution < -0.4 is 0 Å². The summed E-state index contributed by atoms with van der Waals surface area (Å²) in [5, 5.41) is 28.5. The monoisotopic (exact) mass is 457 g/mol. The van der Waals surface area contributed by atoms with E-state index in [2.05, 4.69) is 51.3 Å². The van der Waals surface area contributed by atoms with Gasteiger partial charge in [-0.3, -0.25) is 10.00 Å². The number of hydrogen-bond donors (Lipinski definition) is 4. The molecule has 34 heavy (non-hydrogen) atoms. The lowest BCUT2D eigenvalue weighted by Gasteiger charge is -2.22. The number of aryl methyl sites for hydroxylation is 1. The summed E-state index contributed by atoms with van der Waals surface area (Å²) in [5.41, 5.74) is 6.53. The molecule has 0 fully saturated rings. The quantitative estimate of drug-likeness (QED) is 0.321. The van der Waals surface area contributed by atoms with Gasteiger partial charge in [0.1, 0.15) is 11.4 Å². The second-order valence-corrected chi connectivity index (χ2v) is 9.69. The number of rotatable bonds is 7. The maximum atomic E-state index is 9.99. The Morgan fingerprint density at radius 3 is 2.79 bits per heavy atom. The number of H-pyrrole nitrogens is 2. The van der Waals surface area contributed by atoms with Gasteiger partial charge in [-0.05, 0) is 73.2 Å². The zero-order chi connectivity index (χ0) is 23.9. The molecule has 5 rings (SSSR count). The lowest BCUT2D eigenvalue weighted by molar-refractivity contribution is 0.0612. The topological polar surface area (TPSA) is 101 Å². The second-order valence-electron chi connectivity index (χ2n) is 9.69. The minimum absolute atomic E-state index is 0.289. The molecule has 0 amide bonds. The van der Waals surface area contributed by atoms with Crippen molar-refractivity contribution >= 4 is 16.5 Å². The number of benzene rings is 2. The van der Waals surface area contributed by atoms with E-state index in [0.29, 0.717) is 0 Å². The predicted octanol–water partition coefficient (Wildman–Crippen LogP) is 4.75. The van der Waals surface area contributed by atoms with E-state index in [0.717, 1.165) is 77.3 Å². The van der Waals surface area contributed by atoms with Crippen molar-refractivity contribution in [3.63, 3.8) is 0 Å². The van der Waals surface area contributed by atoms with Gasteiger partial charge in [0.2, 0.25) is 0 Å². The highest BCUT2D eigenvalue weighted by atomic mass is 16.3. The third-order valence-corrected chi connectivity index (χ3v) is 6.50. The maximum Gasteiger partial charge on any atom is 0.159 e. The molecule has 4 aromatic rings. The fourth-order valence-corrected chi connectivity index (χ4v) is 4.53. The van der Waals surface area contributed by atoms with Gasteiger partial charge < -0.3 is 15.2 Å². The minimum atomic E-state index is -0.649. The summed E-state index contributed by atoms with van der Waals surface area (Å²) in [6.07, 6.45) is 5.74. The smallest absolute Gasteiger partial charge is 0.159 e. The Bertz CT molecular complexity index is 1360. The highest BCUT2D eigenvalue weighted by Gasteiger charge is 2.21. The maximum absolute atomic E-state index is 9.99. The molecule has 7 heteroatoms. The van der Waals surface area contributed by atoms with Crippen LogP contribution in [0.25, 0.3) is 39.1 Å². The highest BCUT2D eigenvalue weighted by Crippen LogP contribution is 2.32. The van der Waals surface area contributed by atoms with Crippen molar-refractivity contribution in [2.45, 2.75) is 39.2 Å². The van der Waals surface area contributed by atoms with Crippen molar-refractivity contribution in [1.82, 2.24) is 25.1 Å². The third-order valence-electron chi connectivity index (χ3n) is 6.50. The normalized spacial score (nSPS) is 14.8. The number of nitrogens with one attached hydrogen (secondary N) is 2. The summed E-state index contributed by atoms with van der Waals surface area (Å²) in [6.45, 7) is 8.35. The Labute approximate surface area is 199 Å². The van der Waals surface area contributed by atoms with E-state index in [9.17, 15) is 10.2 Å². The Kier molecular flexibility index (Phi) is 5.75. The summed E-state index contributed by atoms with van der Waals surface area (Å²) in [6, 6.07) is 11.8. The van der Waals surface area contributed by atoms with Gasteiger partial charge in [-0.15, -0.1) is 0 Å². The number of aromatic nitrogens is 4. The van der Waals surface area contributed by atoms with Gasteiger partial charge in [-0.25, -0.2) is 4.98 Å². The molecule has 0 radical (unpaired) electrons. The zero-order valence-corrected chi connectivity index (χ0v) is 19.9. The first kappa shape index (κ1) is 22.4. The van der Waals surface area contributed by atoms with Crippen LogP contribution >= 0.6 is 0 Å². The van der Waals surface area contributed by atoms with Crippen LogP contribution in [0.2, 0.25) is 0 Å². The van der Waals surface area contributed by atoms with Crippen LogP contribution in [0.1, 0.15) is 38.4 Å².